The van der Waals surface area contributed by atoms with Gasteiger partial charge in [0.05, 0.1) is 13.2 Å². The fourth-order valence-electron chi connectivity index (χ4n) is 3.32. The van der Waals surface area contributed by atoms with Crippen LogP contribution in [0.5, 0.6) is 5.88 Å². The first-order chi connectivity index (χ1) is 14.4. The van der Waals surface area contributed by atoms with Gasteiger partial charge in [-0.2, -0.15) is 13.2 Å². The normalized spacial score (nSPS) is 17.1. The molecule has 1 aromatic carbocycles. The lowest BCUT2D eigenvalue weighted by Crippen LogP contribution is -2.48. The summed E-state index contributed by atoms with van der Waals surface area (Å²) < 4.78 is 48.3. The topological polar surface area (TPSA) is 59.0 Å². The summed E-state index contributed by atoms with van der Waals surface area (Å²) in [5, 5.41) is 3.20. The first kappa shape index (κ1) is 25.2. The third kappa shape index (κ3) is 7.23. The molecule has 0 radical (unpaired) electrons. The molecule has 1 unspecified atom stereocenters. The van der Waals surface area contributed by atoms with Gasteiger partial charge in [-0.1, -0.05) is 30.3 Å². The molecule has 170 valence electrons. The lowest BCUT2D eigenvalue weighted by atomic mass is 10.0. The molecular weight excluding hydrogens is 524 g/mol. The maximum atomic E-state index is 12.5. The number of aryl methyl sites for hydroxylation is 1. The van der Waals surface area contributed by atoms with Crippen LogP contribution < -0.4 is 10.1 Å². The zero-order chi connectivity index (χ0) is 21.6. The van der Waals surface area contributed by atoms with Crippen LogP contribution in [0.3, 0.4) is 0 Å². The molecule has 1 aromatic heterocycles. The number of halogens is 4. The summed E-state index contributed by atoms with van der Waals surface area (Å²) in [7, 11) is 1.67. The molecule has 1 N–H and O–H groups in total. The Hall–Kier alpha value is -2.08. The summed E-state index contributed by atoms with van der Waals surface area (Å²) in [4.78, 5) is 10.3. The number of aliphatic imine (C=N–C) groups is 1. The number of morpholine rings is 1. The van der Waals surface area contributed by atoms with E-state index in [0.717, 1.165) is 11.1 Å². The summed E-state index contributed by atoms with van der Waals surface area (Å²) in [5.74, 6) is 0.597. The molecular formula is C21H26F3IN4O2. The third-order valence-corrected chi connectivity index (χ3v) is 4.77. The highest BCUT2D eigenvalue weighted by atomic mass is 127. The van der Waals surface area contributed by atoms with Crippen molar-refractivity contribution in [1.82, 2.24) is 15.2 Å². The highest BCUT2D eigenvalue weighted by molar-refractivity contribution is 14.0. The Morgan fingerprint density at radius 3 is 2.77 bits per heavy atom. The number of aromatic nitrogens is 1. The van der Waals surface area contributed by atoms with Crippen molar-refractivity contribution in [2.24, 2.45) is 4.99 Å². The molecule has 0 aliphatic carbocycles. The molecule has 31 heavy (non-hydrogen) atoms. The van der Waals surface area contributed by atoms with E-state index < -0.39 is 12.8 Å². The number of nitrogens with zero attached hydrogens (tertiary/aromatic N) is 3. The van der Waals surface area contributed by atoms with E-state index in [1.54, 1.807) is 19.2 Å². The first-order valence-electron chi connectivity index (χ1n) is 9.63. The number of hydrogen-bond donors (Lipinski definition) is 1. The molecule has 0 amide bonds. The van der Waals surface area contributed by atoms with Gasteiger partial charge in [0.1, 0.15) is 6.10 Å². The van der Waals surface area contributed by atoms with Gasteiger partial charge in [0.2, 0.25) is 5.88 Å². The molecule has 10 heteroatoms. The second-order valence-electron chi connectivity index (χ2n) is 6.93. The minimum Gasteiger partial charge on any atom is -0.468 e. The van der Waals surface area contributed by atoms with Crippen molar-refractivity contribution in [1.29, 1.82) is 0 Å². The zero-order valence-electron chi connectivity index (χ0n) is 17.4. The van der Waals surface area contributed by atoms with Crippen LogP contribution in [-0.2, 0) is 11.3 Å². The van der Waals surface area contributed by atoms with E-state index in [0.29, 0.717) is 31.2 Å². The standard InChI is InChI=1S/C21H25F3N4O2.HI/c1-15-6-3-4-8-17(15)18-13-28(10-11-29-18)20(25-2)27-12-16-7-5-9-26-19(16)30-14-21(22,23)24;/h3-9,18H,10-14H2,1-2H3,(H,25,27);1H. The summed E-state index contributed by atoms with van der Waals surface area (Å²) >= 11 is 0. The predicted molar refractivity (Wildman–Crippen MR) is 123 cm³/mol. The highest BCUT2D eigenvalue weighted by Crippen LogP contribution is 2.25. The minimum atomic E-state index is -4.42. The summed E-state index contributed by atoms with van der Waals surface area (Å²) in [6.07, 6.45) is -3.10. The zero-order valence-corrected chi connectivity index (χ0v) is 19.7. The average molecular weight is 550 g/mol. The van der Waals surface area contributed by atoms with Crippen LogP contribution in [0, 0.1) is 6.92 Å². The maximum absolute atomic E-state index is 12.5. The Kier molecular flexibility index (Phi) is 9.35. The lowest BCUT2D eigenvalue weighted by molar-refractivity contribution is -0.154. The smallest absolute Gasteiger partial charge is 0.422 e. The van der Waals surface area contributed by atoms with Gasteiger partial charge >= 0.3 is 6.18 Å². The highest BCUT2D eigenvalue weighted by Gasteiger charge is 2.29. The van der Waals surface area contributed by atoms with Gasteiger partial charge in [-0.05, 0) is 24.1 Å². The van der Waals surface area contributed by atoms with Gasteiger partial charge < -0.3 is 19.7 Å². The van der Waals surface area contributed by atoms with Crippen LogP contribution in [0.25, 0.3) is 0 Å². The SMILES string of the molecule is CN=C(NCc1cccnc1OCC(F)(F)F)N1CCOC(c2ccccc2C)C1.I. The van der Waals surface area contributed by atoms with Crippen molar-refractivity contribution >= 4 is 29.9 Å². The molecule has 3 rings (SSSR count). The Bertz CT molecular complexity index is 880. The average Bonchev–Trinajstić information content (AvgIpc) is 2.73. The number of guanidine groups is 1. The molecule has 1 aliphatic rings. The van der Waals surface area contributed by atoms with Gasteiger partial charge in [0.25, 0.3) is 0 Å². The van der Waals surface area contributed by atoms with E-state index in [1.807, 2.05) is 12.1 Å². The van der Waals surface area contributed by atoms with Crippen molar-refractivity contribution < 1.29 is 22.6 Å². The van der Waals surface area contributed by atoms with Crippen LogP contribution in [0.15, 0.2) is 47.6 Å². The van der Waals surface area contributed by atoms with E-state index in [-0.39, 0.29) is 42.5 Å². The van der Waals surface area contributed by atoms with Crippen molar-refractivity contribution in [2.75, 3.05) is 33.4 Å². The molecule has 1 saturated heterocycles. The van der Waals surface area contributed by atoms with E-state index in [4.69, 9.17) is 9.47 Å². The minimum absolute atomic E-state index is 0. The van der Waals surface area contributed by atoms with Gasteiger partial charge in [0.15, 0.2) is 12.6 Å². The monoisotopic (exact) mass is 550 g/mol. The fourth-order valence-corrected chi connectivity index (χ4v) is 3.32. The molecule has 0 spiro atoms. The van der Waals surface area contributed by atoms with Crippen molar-refractivity contribution in [3.63, 3.8) is 0 Å². The van der Waals surface area contributed by atoms with Gasteiger partial charge in [-0.25, -0.2) is 4.98 Å². The summed E-state index contributed by atoms with van der Waals surface area (Å²) in [6, 6.07) is 11.4. The van der Waals surface area contributed by atoms with Crippen molar-refractivity contribution in [2.45, 2.75) is 25.7 Å². The van der Waals surface area contributed by atoms with Crippen LogP contribution >= 0.6 is 24.0 Å². The molecule has 0 bridgehead atoms. The van der Waals surface area contributed by atoms with Crippen molar-refractivity contribution in [3.05, 3.63) is 59.3 Å². The maximum Gasteiger partial charge on any atom is 0.422 e. The second kappa shape index (κ2) is 11.5. The number of alkyl halides is 3. The van der Waals surface area contributed by atoms with Crippen molar-refractivity contribution in [3.8, 4) is 5.88 Å². The Labute approximate surface area is 196 Å². The lowest BCUT2D eigenvalue weighted by Gasteiger charge is -2.35. The second-order valence-corrected chi connectivity index (χ2v) is 6.93. The van der Waals surface area contributed by atoms with Crippen LogP contribution in [-0.4, -0.2) is 55.4 Å². The van der Waals surface area contributed by atoms with E-state index in [2.05, 4.69) is 39.2 Å². The van der Waals surface area contributed by atoms with Gasteiger partial charge in [-0.15, -0.1) is 24.0 Å². The summed E-state index contributed by atoms with van der Waals surface area (Å²) in [6.45, 7) is 2.73. The van der Waals surface area contributed by atoms with E-state index in [1.165, 1.54) is 6.20 Å². The first-order valence-corrected chi connectivity index (χ1v) is 9.63. The molecule has 1 atom stereocenters. The predicted octanol–water partition coefficient (Wildman–Crippen LogP) is 4.10. The number of nitrogens with one attached hydrogen (secondary N) is 1. The fraction of sp³-hybridized carbons (Fsp3) is 0.429. The molecule has 6 nitrogen and oxygen atoms in total. The number of benzene rings is 1. The molecule has 0 saturated carbocycles. The number of pyridine rings is 1. The Morgan fingerprint density at radius 1 is 1.29 bits per heavy atom. The van der Waals surface area contributed by atoms with Crippen LogP contribution in [0.2, 0.25) is 0 Å². The quantitative estimate of drug-likeness (QED) is 0.346. The van der Waals surface area contributed by atoms with Crippen LogP contribution in [0.1, 0.15) is 22.8 Å². The molecule has 2 heterocycles. The number of rotatable bonds is 5. The Morgan fingerprint density at radius 2 is 2.06 bits per heavy atom. The number of hydrogen-bond acceptors (Lipinski definition) is 4. The van der Waals surface area contributed by atoms with Crippen LogP contribution in [0.4, 0.5) is 13.2 Å². The number of ether oxygens (including phenoxy) is 2. The Balaban J connectivity index is 0.00000341. The van der Waals surface area contributed by atoms with E-state index >= 15 is 0 Å². The van der Waals surface area contributed by atoms with E-state index in [9.17, 15) is 13.2 Å². The van der Waals surface area contributed by atoms with Gasteiger partial charge in [0, 0.05) is 31.9 Å². The molecule has 1 aliphatic heterocycles. The summed E-state index contributed by atoms with van der Waals surface area (Å²) in [5.41, 5.74) is 2.81. The third-order valence-electron chi connectivity index (χ3n) is 4.77. The largest absolute Gasteiger partial charge is 0.468 e. The molecule has 1 fully saturated rings. The van der Waals surface area contributed by atoms with Gasteiger partial charge in [-0.3, -0.25) is 4.99 Å². The molecule has 2 aromatic rings.